The molecule has 0 radical (unpaired) electrons. The molecule has 1 atom stereocenters. The highest BCUT2D eigenvalue weighted by atomic mass is 16.3. The predicted molar refractivity (Wildman–Crippen MR) is 142 cm³/mol. The van der Waals surface area contributed by atoms with Gasteiger partial charge >= 0.3 is 5.69 Å². The van der Waals surface area contributed by atoms with Crippen molar-refractivity contribution in [2.45, 2.75) is 103 Å². The first-order valence-corrected chi connectivity index (χ1v) is 13.4. The van der Waals surface area contributed by atoms with Crippen LogP contribution in [0.2, 0.25) is 0 Å². The zero-order chi connectivity index (χ0) is 25.0. The Balaban J connectivity index is 1.47. The lowest BCUT2D eigenvalue weighted by Gasteiger charge is -2.12. The highest BCUT2D eigenvalue weighted by Gasteiger charge is 2.17. The van der Waals surface area contributed by atoms with Crippen LogP contribution in [0.3, 0.4) is 0 Å². The van der Waals surface area contributed by atoms with Crippen molar-refractivity contribution in [1.82, 2.24) is 18.7 Å². The molecule has 1 aromatic carbocycles. The number of nitrogens with zero attached hydrogens (tertiary/aromatic N) is 4. The van der Waals surface area contributed by atoms with Crippen molar-refractivity contribution < 1.29 is 5.11 Å². The largest absolute Gasteiger partial charge is 0.393 e. The van der Waals surface area contributed by atoms with Crippen LogP contribution in [0.25, 0.3) is 11.2 Å². The average Bonchev–Trinajstić information content (AvgIpc) is 3.24. The number of aryl methyl sites for hydroxylation is 1. The fourth-order valence-electron chi connectivity index (χ4n) is 4.78. The SMILES string of the molecule is CCCC(O)CCCCCCCCCCCn1c(=O)c2c(ncn2C)n(Cc2ccccc2)c1=O. The molecule has 2 aromatic heterocycles. The van der Waals surface area contributed by atoms with E-state index in [0.717, 1.165) is 50.5 Å². The number of hydrogen-bond acceptors (Lipinski definition) is 4. The monoisotopic (exact) mass is 482 g/mol. The molecule has 0 spiro atoms. The van der Waals surface area contributed by atoms with Crippen molar-refractivity contribution in [2.24, 2.45) is 7.05 Å². The maximum absolute atomic E-state index is 13.2. The number of imidazole rings is 1. The topological polar surface area (TPSA) is 82.1 Å². The smallest absolute Gasteiger partial charge is 0.333 e. The van der Waals surface area contributed by atoms with E-state index in [0.29, 0.717) is 24.3 Å². The zero-order valence-corrected chi connectivity index (χ0v) is 21.5. The molecule has 0 aliphatic heterocycles. The van der Waals surface area contributed by atoms with E-state index in [1.54, 1.807) is 22.5 Å². The molecule has 35 heavy (non-hydrogen) atoms. The van der Waals surface area contributed by atoms with Crippen LogP contribution in [0.15, 0.2) is 46.2 Å². The highest BCUT2D eigenvalue weighted by Crippen LogP contribution is 2.13. The Hall–Kier alpha value is -2.67. The molecule has 0 aliphatic carbocycles. The highest BCUT2D eigenvalue weighted by molar-refractivity contribution is 5.70. The molecule has 7 nitrogen and oxygen atoms in total. The van der Waals surface area contributed by atoms with Crippen molar-refractivity contribution in [3.63, 3.8) is 0 Å². The van der Waals surface area contributed by atoms with Gasteiger partial charge in [-0.15, -0.1) is 0 Å². The Bertz CT molecular complexity index is 1150. The number of hydrogen-bond donors (Lipinski definition) is 1. The number of unbranched alkanes of at least 4 members (excludes halogenated alkanes) is 8. The van der Waals surface area contributed by atoms with E-state index in [1.807, 2.05) is 30.3 Å². The summed E-state index contributed by atoms with van der Waals surface area (Å²) < 4.78 is 4.72. The van der Waals surface area contributed by atoms with Crippen LogP contribution in [-0.2, 0) is 20.1 Å². The molecule has 0 amide bonds. The summed E-state index contributed by atoms with van der Waals surface area (Å²) in [5, 5.41) is 9.78. The van der Waals surface area contributed by atoms with E-state index in [-0.39, 0.29) is 17.4 Å². The van der Waals surface area contributed by atoms with Crippen molar-refractivity contribution in [3.8, 4) is 0 Å². The molecule has 192 valence electrons. The van der Waals surface area contributed by atoms with E-state index in [4.69, 9.17) is 0 Å². The number of aromatic nitrogens is 4. The molecule has 2 heterocycles. The first kappa shape index (κ1) is 26.9. The molecular weight excluding hydrogens is 440 g/mol. The lowest BCUT2D eigenvalue weighted by molar-refractivity contribution is 0.150. The third-order valence-electron chi connectivity index (χ3n) is 6.81. The summed E-state index contributed by atoms with van der Waals surface area (Å²) in [5.74, 6) is 0. The van der Waals surface area contributed by atoms with Crippen LogP contribution in [0.5, 0.6) is 0 Å². The number of aliphatic hydroxyl groups excluding tert-OH is 1. The Morgan fingerprint density at radius 3 is 2.14 bits per heavy atom. The summed E-state index contributed by atoms with van der Waals surface area (Å²) >= 11 is 0. The van der Waals surface area contributed by atoms with E-state index in [1.165, 1.54) is 36.7 Å². The normalized spacial score (nSPS) is 12.4. The van der Waals surface area contributed by atoms with E-state index >= 15 is 0 Å². The Labute approximate surface area is 208 Å². The van der Waals surface area contributed by atoms with Gasteiger partial charge in [-0.3, -0.25) is 13.9 Å². The van der Waals surface area contributed by atoms with Crippen LogP contribution < -0.4 is 11.2 Å². The average molecular weight is 483 g/mol. The van der Waals surface area contributed by atoms with Crippen LogP contribution in [0.4, 0.5) is 0 Å². The minimum absolute atomic E-state index is 0.117. The zero-order valence-electron chi connectivity index (χ0n) is 21.5. The number of rotatable bonds is 16. The molecule has 0 aliphatic rings. The van der Waals surface area contributed by atoms with Crippen LogP contribution in [0, 0.1) is 0 Å². The van der Waals surface area contributed by atoms with Gasteiger partial charge in [0, 0.05) is 13.6 Å². The number of aliphatic hydroxyl groups is 1. The first-order valence-electron chi connectivity index (χ1n) is 13.4. The second kappa shape index (κ2) is 14.0. The third-order valence-corrected chi connectivity index (χ3v) is 6.81. The van der Waals surface area contributed by atoms with Gasteiger partial charge in [0.05, 0.1) is 19.0 Å². The lowest BCUT2D eigenvalue weighted by Crippen LogP contribution is -2.40. The molecule has 1 unspecified atom stereocenters. The van der Waals surface area contributed by atoms with Crippen LogP contribution >= 0.6 is 0 Å². The molecule has 3 rings (SSSR count). The third kappa shape index (κ3) is 7.66. The Kier molecular flexibility index (Phi) is 10.8. The second-order valence-corrected chi connectivity index (χ2v) is 9.75. The minimum atomic E-state index is -0.283. The molecule has 0 bridgehead atoms. The Morgan fingerprint density at radius 1 is 0.857 bits per heavy atom. The predicted octanol–water partition coefficient (Wildman–Crippen LogP) is 5.01. The Morgan fingerprint density at radius 2 is 1.49 bits per heavy atom. The minimum Gasteiger partial charge on any atom is -0.393 e. The molecule has 0 fully saturated rings. The summed E-state index contributed by atoms with van der Waals surface area (Å²) in [6, 6.07) is 9.80. The summed E-state index contributed by atoms with van der Waals surface area (Å²) in [7, 11) is 1.80. The van der Waals surface area contributed by atoms with Gasteiger partial charge in [-0.1, -0.05) is 95.0 Å². The second-order valence-electron chi connectivity index (χ2n) is 9.75. The number of fused-ring (bicyclic) bond motifs is 1. The standard InChI is InChI=1S/C28H42N4O3/c1-3-16-24(33)19-14-9-7-5-4-6-8-10-15-20-31-27(34)25-26(29-22-30(25)2)32(28(31)35)21-23-17-12-11-13-18-23/h11-13,17-18,22,24,33H,3-10,14-16,19-21H2,1-2H3. The van der Waals surface area contributed by atoms with Crippen LogP contribution in [0.1, 0.15) is 89.5 Å². The van der Waals surface area contributed by atoms with Crippen molar-refractivity contribution in [3.05, 3.63) is 63.1 Å². The van der Waals surface area contributed by atoms with Gasteiger partial charge in [0.1, 0.15) is 0 Å². The molecule has 7 heteroatoms. The maximum Gasteiger partial charge on any atom is 0.333 e. The van der Waals surface area contributed by atoms with Crippen molar-refractivity contribution in [1.29, 1.82) is 0 Å². The summed E-state index contributed by atoms with van der Waals surface area (Å²) in [6.45, 7) is 2.95. The van der Waals surface area contributed by atoms with Gasteiger partial charge in [-0.05, 0) is 24.8 Å². The molecule has 1 N–H and O–H groups in total. The van der Waals surface area contributed by atoms with E-state index < -0.39 is 0 Å². The van der Waals surface area contributed by atoms with Gasteiger partial charge in [0.25, 0.3) is 5.56 Å². The van der Waals surface area contributed by atoms with E-state index in [2.05, 4.69) is 11.9 Å². The molecular formula is C28H42N4O3. The van der Waals surface area contributed by atoms with Crippen molar-refractivity contribution >= 4 is 11.2 Å². The number of benzene rings is 1. The summed E-state index contributed by atoms with van der Waals surface area (Å²) in [4.78, 5) is 30.7. The maximum atomic E-state index is 13.2. The quantitative estimate of drug-likeness (QED) is 0.291. The van der Waals surface area contributed by atoms with Crippen LogP contribution in [-0.4, -0.2) is 29.9 Å². The summed E-state index contributed by atoms with van der Waals surface area (Å²) in [6.07, 6.45) is 14.6. The summed E-state index contributed by atoms with van der Waals surface area (Å²) in [5.41, 5.74) is 1.39. The van der Waals surface area contributed by atoms with Gasteiger partial charge < -0.3 is 9.67 Å². The molecule has 0 saturated heterocycles. The van der Waals surface area contributed by atoms with Crippen molar-refractivity contribution in [2.75, 3.05) is 0 Å². The molecule has 3 aromatic rings. The fourth-order valence-corrected chi connectivity index (χ4v) is 4.78. The fraction of sp³-hybridized carbons (Fsp3) is 0.607. The lowest BCUT2D eigenvalue weighted by atomic mass is 10.0. The van der Waals surface area contributed by atoms with E-state index in [9.17, 15) is 14.7 Å². The van der Waals surface area contributed by atoms with Gasteiger partial charge in [-0.2, -0.15) is 0 Å². The van der Waals surface area contributed by atoms with Gasteiger partial charge in [0.2, 0.25) is 0 Å². The van der Waals surface area contributed by atoms with Gasteiger partial charge in [0.15, 0.2) is 11.2 Å². The first-order chi connectivity index (χ1) is 17.0. The molecule has 0 saturated carbocycles. The van der Waals surface area contributed by atoms with Gasteiger partial charge in [-0.25, -0.2) is 9.78 Å².